The fraction of sp³-hybridized carbons (Fsp3) is 0.600. The van der Waals surface area contributed by atoms with Crippen LogP contribution in [0.1, 0.15) is 13.8 Å². The lowest BCUT2D eigenvalue weighted by Gasteiger charge is -2.09. The molecule has 0 heterocycles. The van der Waals surface area contributed by atoms with E-state index in [9.17, 15) is 4.79 Å². The van der Waals surface area contributed by atoms with Crippen molar-refractivity contribution in [3.05, 3.63) is 12.2 Å². The van der Waals surface area contributed by atoms with Crippen LogP contribution in [0.4, 0.5) is 0 Å². The van der Waals surface area contributed by atoms with E-state index in [4.69, 9.17) is 10.00 Å². The molecule has 14 heavy (non-hydrogen) atoms. The number of carbonyl (C=O) groups is 1. The Labute approximate surface area is 85.8 Å². The number of likely N-dealkylation sites (N-methyl/N-ethyl adjacent to an activating group) is 1. The molecule has 0 spiro atoms. The summed E-state index contributed by atoms with van der Waals surface area (Å²) >= 11 is 0. The number of nitrogens with zero attached hydrogens (tertiary/aromatic N) is 2. The van der Waals surface area contributed by atoms with Crippen LogP contribution in [0.5, 0.6) is 0 Å². The summed E-state index contributed by atoms with van der Waals surface area (Å²) < 4.78 is 4.83. The first kappa shape index (κ1) is 15.1. The summed E-state index contributed by atoms with van der Waals surface area (Å²) in [5, 5.41) is 7.32. The van der Waals surface area contributed by atoms with Crippen LogP contribution in [0.25, 0.3) is 0 Å². The second-order valence-electron chi connectivity index (χ2n) is 2.94. The van der Waals surface area contributed by atoms with Crippen LogP contribution in [0, 0.1) is 11.3 Å². The smallest absolute Gasteiger partial charge is 0.333 e. The standard InChI is InChI=1S/C8H15NO2.C2H3N/c1-7(2)8(10)11-6-5-9(3)4;1-2-3/h1,5-6H2,2-4H3;1H3. The Kier molecular flexibility index (Phi) is 10.5. The maximum absolute atomic E-state index is 10.8. The molecule has 0 unspecified atom stereocenters. The van der Waals surface area contributed by atoms with Gasteiger partial charge in [-0.1, -0.05) is 6.58 Å². The average Bonchev–Trinajstić information content (AvgIpc) is 2.04. The van der Waals surface area contributed by atoms with Crippen LogP contribution in [0.3, 0.4) is 0 Å². The molecule has 0 saturated carbocycles. The highest BCUT2D eigenvalue weighted by atomic mass is 16.5. The Hall–Kier alpha value is -1.34. The van der Waals surface area contributed by atoms with E-state index in [1.165, 1.54) is 6.92 Å². The Balaban J connectivity index is 0. The molecule has 0 saturated heterocycles. The molecule has 80 valence electrons. The molecule has 0 atom stereocenters. The van der Waals surface area contributed by atoms with Crippen LogP contribution in [-0.4, -0.2) is 38.1 Å². The van der Waals surface area contributed by atoms with Crippen LogP contribution in [0.2, 0.25) is 0 Å². The van der Waals surface area contributed by atoms with E-state index >= 15 is 0 Å². The van der Waals surface area contributed by atoms with Crippen molar-refractivity contribution in [2.24, 2.45) is 0 Å². The zero-order valence-corrected chi connectivity index (χ0v) is 9.33. The van der Waals surface area contributed by atoms with Crippen molar-refractivity contribution in [2.75, 3.05) is 27.2 Å². The van der Waals surface area contributed by atoms with Crippen LogP contribution < -0.4 is 0 Å². The Bertz CT molecular complexity index is 217. The van der Waals surface area contributed by atoms with Gasteiger partial charge in [-0.25, -0.2) is 4.79 Å². The molecular formula is C10H18N2O2. The molecule has 0 aromatic carbocycles. The summed E-state index contributed by atoms with van der Waals surface area (Å²) in [5.74, 6) is -0.313. The monoisotopic (exact) mass is 198 g/mol. The molecule has 0 aliphatic heterocycles. The second-order valence-corrected chi connectivity index (χ2v) is 2.94. The average molecular weight is 198 g/mol. The molecule has 0 aromatic rings. The van der Waals surface area contributed by atoms with Gasteiger partial charge in [0.05, 0.1) is 6.07 Å². The molecule has 0 bridgehead atoms. The fourth-order valence-electron chi connectivity index (χ4n) is 0.444. The third kappa shape index (κ3) is 13.3. The summed E-state index contributed by atoms with van der Waals surface area (Å²) in [6.07, 6.45) is 0. The van der Waals surface area contributed by atoms with Gasteiger partial charge in [0.2, 0.25) is 0 Å². The molecule has 4 heteroatoms. The van der Waals surface area contributed by atoms with E-state index in [0.717, 1.165) is 6.54 Å². The summed E-state index contributed by atoms with van der Waals surface area (Å²) in [6.45, 7) is 7.71. The fourth-order valence-corrected chi connectivity index (χ4v) is 0.444. The number of nitriles is 1. The zero-order valence-electron chi connectivity index (χ0n) is 9.33. The highest BCUT2D eigenvalue weighted by Gasteiger charge is 2.01. The Morgan fingerprint density at radius 1 is 1.57 bits per heavy atom. The first-order chi connectivity index (χ1) is 6.45. The Morgan fingerprint density at radius 2 is 2.00 bits per heavy atom. The minimum absolute atomic E-state index is 0.313. The third-order valence-electron chi connectivity index (χ3n) is 1.12. The van der Waals surface area contributed by atoms with E-state index in [-0.39, 0.29) is 5.97 Å². The predicted molar refractivity (Wildman–Crippen MR) is 55.6 cm³/mol. The molecule has 0 N–H and O–H groups in total. The SMILES string of the molecule is C=C(C)C(=O)OCCN(C)C.CC#N. The minimum atomic E-state index is -0.313. The lowest BCUT2D eigenvalue weighted by Crippen LogP contribution is -2.20. The summed E-state index contributed by atoms with van der Waals surface area (Å²) in [6, 6.07) is 1.75. The van der Waals surface area contributed by atoms with Gasteiger partial charge < -0.3 is 9.64 Å². The molecule has 0 radical (unpaired) electrons. The van der Waals surface area contributed by atoms with Crippen molar-refractivity contribution >= 4 is 5.97 Å². The summed E-state index contributed by atoms with van der Waals surface area (Å²) in [5.41, 5.74) is 0.448. The zero-order chi connectivity index (χ0) is 11.6. The van der Waals surface area contributed by atoms with Gasteiger partial charge in [-0.15, -0.1) is 0 Å². The van der Waals surface area contributed by atoms with Crippen molar-refractivity contribution in [2.45, 2.75) is 13.8 Å². The molecule has 0 rings (SSSR count). The topological polar surface area (TPSA) is 53.3 Å². The van der Waals surface area contributed by atoms with E-state index in [1.807, 2.05) is 19.0 Å². The van der Waals surface area contributed by atoms with Gasteiger partial charge in [0.1, 0.15) is 6.61 Å². The van der Waals surface area contributed by atoms with Crippen LogP contribution in [-0.2, 0) is 9.53 Å². The number of carbonyl (C=O) groups excluding carboxylic acids is 1. The van der Waals surface area contributed by atoms with Crippen LogP contribution >= 0.6 is 0 Å². The van der Waals surface area contributed by atoms with Gasteiger partial charge >= 0.3 is 5.97 Å². The third-order valence-corrected chi connectivity index (χ3v) is 1.12. The summed E-state index contributed by atoms with van der Waals surface area (Å²) in [4.78, 5) is 12.7. The minimum Gasteiger partial charge on any atom is -0.461 e. The number of ether oxygens (including phenoxy) is 1. The predicted octanol–water partition coefficient (Wildman–Crippen LogP) is 1.20. The lowest BCUT2D eigenvalue weighted by molar-refractivity contribution is -0.139. The van der Waals surface area contributed by atoms with E-state index in [0.29, 0.717) is 12.2 Å². The molecule has 0 aliphatic rings. The van der Waals surface area contributed by atoms with Gasteiger partial charge in [0.15, 0.2) is 0 Å². The molecule has 0 aromatic heterocycles. The number of hydrogen-bond donors (Lipinski definition) is 0. The van der Waals surface area contributed by atoms with Crippen LogP contribution in [0.15, 0.2) is 12.2 Å². The quantitative estimate of drug-likeness (QED) is 0.503. The number of rotatable bonds is 4. The highest BCUT2D eigenvalue weighted by molar-refractivity contribution is 5.86. The van der Waals surface area contributed by atoms with Gasteiger partial charge in [-0.2, -0.15) is 5.26 Å². The highest BCUT2D eigenvalue weighted by Crippen LogP contribution is 1.91. The van der Waals surface area contributed by atoms with Gasteiger partial charge in [-0.05, 0) is 21.0 Å². The normalized spacial score (nSPS) is 8.29. The summed E-state index contributed by atoms with van der Waals surface area (Å²) in [7, 11) is 3.85. The van der Waals surface area contributed by atoms with Crippen molar-refractivity contribution in [1.82, 2.24) is 4.90 Å². The maximum atomic E-state index is 10.8. The Morgan fingerprint density at radius 3 is 2.29 bits per heavy atom. The van der Waals surface area contributed by atoms with Crippen molar-refractivity contribution < 1.29 is 9.53 Å². The van der Waals surface area contributed by atoms with Gasteiger partial charge in [0, 0.05) is 19.0 Å². The lowest BCUT2D eigenvalue weighted by atomic mass is 10.4. The van der Waals surface area contributed by atoms with Gasteiger partial charge in [-0.3, -0.25) is 0 Å². The largest absolute Gasteiger partial charge is 0.461 e. The van der Waals surface area contributed by atoms with Crippen molar-refractivity contribution in [1.29, 1.82) is 5.26 Å². The first-order valence-corrected chi connectivity index (χ1v) is 4.23. The molecule has 0 fully saturated rings. The van der Waals surface area contributed by atoms with E-state index < -0.39 is 0 Å². The molecule has 0 amide bonds. The van der Waals surface area contributed by atoms with Crippen molar-refractivity contribution in [3.63, 3.8) is 0 Å². The number of hydrogen-bond acceptors (Lipinski definition) is 4. The molecule has 0 aliphatic carbocycles. The first-order valence-electron chi connectivity index (χ1n) is 4.23. The maximum Gasteiger partial charge on any atom is 0.333 e. The van der Waals surface area contributed by atoms with E-state index in [1.54, 1.807) is 13.0 Å². The molecule has 4 nitrogen and oxygen atoms in total. The number of esters is 1. The molecular weight excluding hydrogens is 180 g/mol. The van der Waals surface area contributed by atoms with E-state index in [2.05, 4.69) is 6.58 Å². The van der Waals surface area contributed by atoms with Crippen molar-refractivity contribution in [3.8, 4) is 6.07 Å². The van der Waals surface area contributed by atoms with Gasteiger partial charge in [0.25, 0.3) is 0 Å². The second kappa shape index (κ2) is 9.75.